The van der Waals surface area contributed by atoms with Crippen LogP contribution in [0.25, 0.3) is 0 Å². The molecular weight excluding hydrogens is 266 g/mol. The van der Waals surface area contributed by atoms with Crippen molar-refractivity contribution < 1.29 is 20.1 Å². The van der Waals surface area contributed by atoms with E-state index in [0.717, 1.165) is 0 Å². The molecule has 4 atom stereocenters. The Morgan fingerprint density at radius 2 is 2.22 bits per heavy atom. The molecule has 18 heavy (non-hydrogen) atoms. The number of rotatable bonds is 3. The minimum atomic E-state index is -1.31. The fourth-order valence-corrected chi connectivity index (χ4v) is 1.91. The predicted octanol–water partition coefficient (Wildman–Crippen LogP) is -1.51. The third-order valence-electron chi connectivity index (χ3n) is 2.76. The Hall–Kier alpha value is -1.19. The molecule has 0 aliphatic carbocycles. The lowest BCUT2D eigenvalue weighted by molar-refractivity contribution is -0.0232. The Morgan fingerprint density at radius 3 is 2.72 bits per heavy atom. The normalized spacial score (nSPS) is 31.6. The number of aromatic amines is 1. The van der Waals surface area contributed by atoms with Gasteiger partial charge < -0.3 is 25.0 Å². The van der Waals surface area contributed by atoms with E-state index in [1.54, 1.807) is 0 Å². The molecule has 0 amide bonds. The van der Waals surface area contributed by atoms with Crippen molar-refractivity contribution in [3.05, 3.63) is 22.1 Å². The van der Waals surface area contributed by atoms with Crippen LogP contribution in [-0.2, 0) is 4.74 Å². The molecular formula is C9H12ClN3O5. The molecule has 1 saturated heterocycles. The van der Waals surface area contributed by atoms with E-state index in [1.165, 1.54) is 6.20 Å². The number of nitrogens with one attached hydrogen (secondary N) is 2. The van der Waals surface area contributed by atoms with E-state index < -0.39 is 36.6 Å². The number of aliphatic hydroxyl groups excluding tert-OH is 3. The van der Waals surface area contributed by atoms with E-state index in [0.29, 0.717) is 0 Å². The summed E-state index contributed by atoms with van der Waals surface area (Å²) in [4.78, 5) is 19.9. The van der Waals surface area contributed by atoms with Gasteiger partial charge >= 0.3 is 0 Å². The molecule has 9 heteroatoms. The van der Waals surface area contributed by atoms with Crippen LogP contribution in [0.4, 0.5) is 5.95 Å². The molecule has 0 spiro atoms. The zero-order chi connectivity index (χ0) is 13.3. The molecule has 1 aliphatic rings. The number of ether oxygens (including phenoxy) is 1. The van der Waals surface area contributed by atoms with Gasteiger partial charge in [0.1, 0.15) is 24.4 Å². The van der Waals surface area contributed by atoms with Crippen molar-refractivity contribution in [1.29, 1.82) is 0 Å². The molecule has 100 valence electrons. The van der Waals surface area contributed by atoms with E-state index in [2.05, 4.69) is 14.8 Å². The van der Waals surface area contributed by atoms with Crippen molar-refractivity contribution in [2.75, 3.05) is 11.4 Å². The number of aromatic nitrogens is 2. The molecule has 8 nitrogen and oxygen atoms in total. The van der Waals surface area contributed by atoms with Gasteiger partial charge in [-0.25, -0.2) is 0 Å². The molecule has 0 aromatic carbocycles. The lowest BCUT2D eigenvalue weighted by Gasteiger charge is -2.13. The van der Waals surface area contributed by atoms with E-state index in [4.69, 9.17) is 21.6 Å². The number of anilines is 1. The number of H-pyrrole nitrogens is 1. The lowest BCUT2D eigenvalue weighted by Crippen LogP contribution is -2.33. The number of hydrogen-bond acceptors (Lipinski definition) is 7. The molecule has 2 rings (SSSR count). The Labute approximate surface area is 106 Å². The van der Waals surface area contributed by atoms with Crippen LogP contribution in [0, 0.1) is 0 Å². The molecule has 0 radical (unpaired) electrons. The fourth-order valence-electron chi connectivity index (χ4n) is 1.82. The van der Waals surface area contributed by atoms with Crippen LogP contribution in [0.2, 0.25) is 0 Å². The molecule has 0 saturated carbocycles. The fraction of sp³-hybridized carbons (Fsp3) is 0.556. The second-order valence-electron chi connectivity index (χ2n) is 3.86. The minimum absolute atomic E-state index is 0.0492. The molecule has 2 heterocycles. The Kier molecular flexibility index (Phi) is 3.83. The van der Waals surface area contributed by atoms with Crippen molar-refractivity contribution in [2.45, 2.75) is 24.4 Å². The standard InChI is InChI=1S/C9H12ClN3O5/c10-13-9-11-1-3(8(17)12-9)7-6(16)5(15)4(2-14)18-7/h1,4-7,14-16H,2H2,(H2,11,12,13,17). The molecule has 1 aliphatic heterocycles. The van der Waals surface area contributed by atoms with Gasteiger partial charge in [-0.15, -0.1) is 0 Å². The lowest BCUT2D eigenvalue weighted by atomic mass is 10.0. The molecule has 1 aromatic heterocycles. The summed E-state index contributed by atoms with van der Waals surface area (Å²) in [6.45, 7) is -0.457. The van der Waals surface area contributed by atoms with Crippen LogP contribution >= 0.6 is 11.8 Å². The first-order chi connectivity index (χ1) is 8.58. The predicted molar refractivity (Wildman–Crippen MR) is 61.0 cm³/mol. The summed E-state index contributed by atoms with van der Waals surface area (Å²) in [7, 11) is 0. The van der Waals surface area contributed by atoms with Gasteiger partial charge in [-0.1, -0.05) is 0 Å². The zero-order valence-electron chi connectivity index (χ0n) is 9.08. The third-order valence-corrected chi connectivity index (χ3v) is 2.94. The minimum Gasteiger partial charge on any atom is -0.394 e. The maximum Gasteiger partial charge on any atom is 0.280 e. The zero-order valence-corrected chi connectivity index (χ0v) is 9.83. The Morgan fingerprint density at radius 1 is 1.50 bits per heavy atom. The first-order valence-electron chi connectivity index (χ1n) is 5.17. The van der Waals surface area contributed by atoms with Crippen LogP contribution in [0.3, 0.4) is 0 Å². The summed E-state index contributed by atoms with van der Waals surface area (Å²) < 4.78 is 5.21. The van der Waals surface area contributed by atoms with Gasteiger partial charge in [-0.2, -0.15) is 4.98 Å². The largest absolute Gasteiger partial charge is 0.394 e. The second kappa shape index (κ2) is 5.21. The van der Waals surface area contributed by atoms with Crippen LogP contribution in [-0.4, -0.2) is 50.2 Å². The first-order valence-corrected chi connectivity index (χ1v) is 5.55. The molecule has 1 aromatic rings. The van der Waals surface area contributed by atoms with Gasteiger partial charge in [-0.05, 0) is 0 Å². The average Bonchev–Trinajstić information content (AvgIpc) is 2.66. The quantitative estimate of drug-likeness (QED) is 0.425. The van der Waals surface area contributed by atoms with Crippen LogP contribution in [0.15, 0.2) is 11.0 Å². The topological polar surface area (TPSA) is 128 Å². The number of halogens is 1. The summed E-state index contributed by atoms with van der Waals surface area (Å²) in [6, 6.07) is 0. The molecule has 5 N–H and O–H groups in total. The first kappa shape index (κ1) is 13.2. The SMILES string of the molecule is O=c1nc(NCl)[nH]cc1C1OC(CO)C(O)C1O. The van der Waals surface area contributed by atoms with Gasteiger partial charge in [0.25, 0.3) is 5.56 Å². The maximum atomic E-state index is 11.7. The highest BCUT2D eigenvalue weighted by atomic mass is 35.5. The van der Waals surface area contributed by atoms with Gasteiger partial charge in [-0.3, -0.25) is 9.63 Å². The second-order valence-corrected chi connectivity index (χ2v) is 4.05. The summed E-state index contributed by atoms with van der Waals surface area (Å²) in [5.74, 6) is 0.0529. The van der Waals surface area contributed by atoms with Crippen molar-refractivity contribution in [2.24, 2.45) is 0 Å². The van der Waals surface area contributed by atoms with Crippen molar-refractivity contribution in [3.8, 4) is 0 Å². The van der Waals surface area contributed by atoms with Crippen LogP contribution < -0.4 is 10.4 Å². The number of nitrogens with zero attached hydrogens (tertiary/aromatic N) is 1. The Balaban J connectivity index is 2.30. The average molecular weight is 278 g/mol. The summed E-state index contributed by atoms with van der Waals surface area (Å²) in [5, 5.41) is 28.3. The van der Waals surface area contributed by atoms with E-state index in [9.17, 15) is 15.0 Å². The highest BCUT2D eigenvalue weighted by molar-refractivity contribution is 6.23. The van der Waals surface area contributed by atoms with Crippen molar-refractivity contribution in [3.63, 3.8) is 0 Å². The van der Waals surface area contributed by atoms with E-state index in [1.807, 2.05) is 0 Å². The number of hydrogen-bond donors (Lipinski definition) is 5. The molecule has 0 bridgehead atoms. The van der Waals surface area contributed by atoms with Crippen LogP contribution in [0.5, 0.6) is 0 Å². The highest BCUT2D eigenvalue weighted by Gasteiger charge is 2.44. The third kappa shape index (κ3) is 2.20. The Bertz CT molecular complexity index is 482. The summed E-state index contributed by atoms with van der Waals surface area (Å²) >= 11 is 5.27. The van der Waals surface area contributed by atoms with E-state index >= 15 is 0 Å². The number of aliphatic hydroxyl groups is 3. The van der Waals surface area contributed by atoms with Gasteiger partial charge in [0, 0.05) is 18.0 Å². The van der Waals surface area contributed by atoms with Gasteiger partial charge in [0.15, 0.2) is 0 Å². The molecule has 1 fully saturated rings. The van der Waals surface area contributed by atoms with Gasteiger partial charge in [0.05, 0.1) is 12.2 Å². The highest BCUT2D eigenvalue weighted by Crippen LogP contribution is 2.31. The summed E-state index contributed by atoms with van der Waals surface area (Å²) in [6.07, 6.45) is -3.27. The van der Waals surface area contributed by atoms with E-state index in [-0.39, 0.29) is 11.5 Å². The summed E-state index contributed by atoms with van der Waals surface area (Å²) in [5.41, 5.74) is -0.597. The maximum absolute atomic E-state index is 11.7. The van der Waals surface area contributed by atoms with Crippen molar-refractivity contribution in [1.82, 2.24) is 9.97 Å². The smallest absolute Gasteiger partial charge is 0.280 e. The van der Waals surface area contributed by atoms with Crippen LogP contribution in [0.1, 0.15) is 11.7 Å². The van der Waals surface area contributed by atoms with Gasteiger partial charge in [0.2, 0.25) is 5.95 Å². The molecule has 4 unspecified atom stereocenters. The monoisotopic (exact) mass is 277 g/mol. The van der Waals surface area contributed by atoms with Crippen molar-refractivity contribution >= 4 is 17.7 Å².